The number of aliphatic hydroxyl groups is 1. The standard InChI is InChI=1S/C14H21NO9/c1-6(17)15-11-13(22-8(3)19)12(21-7(2)18)10(5-16)24-14(11)23-9(4)20/h10-14,16H,5H2,1-4H3,(H,15,17)/t10-,11-,12-,13-,14-/m1/s1. The second-order valence-corrected chi connectivity index (χ2v) is 5.21. The maximum Gasteiger partial charge on any atom is 0.305 e. The lowest BCUT2D eigenvalue weighted by Gasteiger charge is -2.44. The molecule has 1 rings (SSSR count). The molecule has 5 atom stereocenters. The third-order valence-electron chi connectivity index (χ3n) is 3.08. The van der Waals surface area contributed by atoms with E-state index in [9.17, 15) is 24.3 Å². The first kappa shape index (κ1) is 19.8. The molecule has 0 saturated carbocycles. The van der Waals surface area contributed by atoms with Crippen molar-refractivity contribution in [3.63, 3.8) is 0 Å². The van der Waals surface area contributed by atoms with Crippen molar-refractivity contribution in [2.75, 3.05) is 6.61 Å². The molecule has 10 nitrogen and oxygen atoms in total. The average Bonchev–Trinajstić information content (AvgIpc) is 2.42. The van der Waals surface area contributed by atoms with Crippen LogP contribution in [0.4, 0.5) is 0 Å². The van der Waals surface area contributed by atoms with E-state index in [1.54, 1.807) is 0 Å². The zero-order valence-corrected chi connectivity index (χ0v) is 13.8. The Bertz CT molecular complexity index is 506. The average molecular weight is 347 g/mol. The molecule has 0 radical (unpaired) electrons. The molecule has 1 amide bonds. The molecule has 0 aromatic heterocycles. The highest BCUT2D eigenvalue weighted by atomic mass is 16.7. The topological polar surface area (TPSA) is 137 Å². The fourth-order valence-electron chi connectivity index (χ4n) is 2.37. The summed E-state index contributed by atoms with van der Waals surface area (Å²) >= 11 is 0. The van der Waals surface area contributed by atoms with Crippen LogP contribution in [0.3, 0.4) is 0 Å². The van der Waals surface area contributed by atoms with Gasteiger partial charge in [0, 0.05) is 27.7 Å². The van der Waals surface area contributed by atoms with Gasteiger partial charge < -0.3 is 29.4 Å². The van der Waals surface area contributed by atoms with E-state index in [1.807, 2.05) is 0 Å². The van der Waals surface area contributed by atoms with E-state index in [2.05, 4.69) is 5.32 Å². The van der Waals surface area contributed by atoms with Crippen molar-refractivity contribution in [2.45, 2.75) is 58.3 Å². The molecule has 1 aliphatic rings. The van der Waals surface area contributed by atoms with Crippen LogP contribution in [-0.2, 0) is 38.1 Å². The predicted molar refractivity (Wildman–Crippen MR) is 76.2 cm³/mol. The number of aliphatic hydroxyl groups excluding tert-OH is 1. The van der Waals surface area contributed by atoms with E-state index >= 15 is 0 Å². The van der Waals surface area contributed by atoms with E-state index in [-0.39, 0.29) is 0 Å². The molecular formula is C14H21NO9. The van der Waals surface area contributed by atoms with Crippen molar-refractivity contribution in [3.8, 4) is 0 Å². The smallest absolute Gasteiger partial charge is 0.305 e. The zero-order chi connectivity index (χ0) is 18.4. The Labute approximate surface area is 138 Å². The van der Waals surface area contributed by atoms with Crippen molar-refractivity contribution < 1.29 is 43.2 Å². The first-order valence-electron chi connectivity index (χ1n) is 7.20. The molecule has 1 heterocycles. The minimum atomic E-state index is -1.33. The van der Waals surface area contributed by atoms with Gasteiger partial charge in [-0.05, 0) is 0 Å². The maximum atomic E-state index is 11.4. The Balaban J connectivity index is 3.23. The number of ether oxygens (including phenoxy) is 4. The Hall–Kier alpha value is -2.20. The summed E-state index contributed by atoms with van der Waals surface area (Å²) in [5, 5.41) is 11.9. The summed E-state index contributed by atoms with van der Waals surface area (Å²) in [6.07, 6.45) is -4.86. The summed E-state index contributed by atoms with van der Waals surface area (Å²) in [4.78, 5) is 45.4. The van der Waals surface area contributed by atoms with E-state index in [4.69, 9.17) is 18.9 Å². The second kappa shape index (κ2) is 8.60. The number of carbonyl (C=O) groups is 4. The fourth-order valence-corrected chi connectivity index (χ4v) is 2.37. The molecule has 0 aromatic carbocycles. The van der Waals surface area contributed by atoms with Gasteiger partial charge in [0.05, 0.1) is 6.61 Å². The zero-order valence-electron chi connectivity index (χ0n) is 13.8. The van der Waals surface area contributed by atoms with E-state index < -0.39 is 61.1 Å². The highest BCUT2D eigenvalue weighted by Gasteiger charge is 2.51. The summed E-state index contributed by atoms with van der Waals surface area (Å²) in [5.41, 5.74) is 0. The summed E-state index contributed by atoms with van der Waals surface area (Å²) in [5.74, 6) is -2.64. The molecule has 2 N–H and O–H groups in total. The third kappa shape index (κ3) is 5.46. The fraction of sp³-hybridized carbons (Fsp3) is 0.714. The van der Waals surface area contributed by atoms with E-state index in [0.29, 0.717) is 0 Å². The second-order valence-electron chi connectivity index (χ2n) is 5.21. The summed E-state index contributed by atoms with van der Waals surface area (Å²) in [6, 6.07) is -1.12. The molecule has 10 heteroatoms. The van der Waals surface area contributed by atoms with Gasteiger partial charge in [-0.1, -0.05) is 0 Å². The van der Waals surface area contributed by atoms with Crippen LogP contribution in [0.15, 0.2) is 0 Å². The van der Waals surface area contributed by atoms with Gasteiger partial charge in [-0.3, -0.25) is 19.2 Å². The Morgan fingerprint density at radius 1 is 0.917 bits per heavy atom. The van der Waals surface area contributed by atoms with Gasteiger partial charge in [0.15, 0.2) is 12.2 Å². The summed E-state index contributed by atoms with van der Waals surface area (Å²) < 4.78 is 20.6. The summed E-state index contributed by atoms with van der Waals surface area (Å²) in [7, 11) is 0. The van der Waals surface area contributed by atoms with E-state index in [1.165, 1.54) is 6.92 Å². The number of rotatable bonds is 5. The van der Waals surface area contributed by atoms with Crippen LogP contribution in [0, 0.1) is 0 Å². The lowest BCUT2D eigenvalue weighted by molar-refractivity contribution is -0.269. The van der Waals surface area contributed by atoms with Gasteiger partial charge in [0.1, 0.15) is 12.1 Å². The summed E-state index contributed by atoms with van der Waals surface area (Å²) in [6.45, 7) is 3.99. The number of amides is 1. The Morgan fingerprint density at radius 3 is 1.83 bits per heavy atom. The van der Waals surface area contributed by atoms with Crippen LogP contribution < -0.4 is 5.32 Å². The Morgan fingerprint density at radius 2 is 1.42 bits per heavy atom. The molecule has 1 saturated heterocycles. The number of nitrogens with one attached hydrogen (secondary N) is 1. The minimum absolute atomic E-state index is 0.512. The van der Waals surface area contributed by atoms with Gasteiger partial charge in [0.25, 0.3) is 0 Å². The van der Waals surface area contributed by atoms with Gasteiger partial charge in [0.2, 0.25) is 12.2 Å². The van der Waals surface area contributed by atoms with Gasteiger partial charge in [-0.2, -0.15) is 0 Å². The largest absolute Gasteiger partial charge is 0.456 e. The van der Waals surface area contributed by atoms with Crippen molar-refractivity contribution in [1.29, 1.82) is 0 Å². The number of hydrogen-bond acceptors (Lipinski definition) is 9. The number of esters is 3. The molecular weight excluding hydrogens is 326 g/mol. The van der Waals surface area contributed by atoms with Crippen molar-refractivity contribution in [2.24, 2.45) is 0 Å². The molecule has 0 spiro atoms. The monoisotopic (exact) mass is 347 g/mol. The molecule has 24 heavy (non-hydrogen) atoms. The lowest BCUT2D eigenvalue weighted by Crippen LogP contribution is -2.66. The van der Waals surface area contributed by atoms with Crippen molar-refractivity contribution in [1.82, 2.24) is 5.32 Å². The maximum absolute atomic E-state index is 11.4. The predicted octanol–water partition coefficient (Wildman–Crippen LogP) is -1.37. The van der Waals surface area contributed by atoms with Crippen molar-refractivity contribution in [3.05, 3.63) is 0 Å². The van der Waals surface area contributed by atoms with Gasteiger partial charge in [-0.25, -0.2) is 0 Å². The highest BCUT2D eigenvalue weighted by Crippen LogP contribution is 2.27. The first-order chi connectivity index (χ1) is 11.1. The van der Waals surface area contributed by atoms with Crippen LogP contribution in [0.1, 0.15) is 27.7 Å². The van der Waals surface area contributed by atoms with E-state index in [0.717, 1.165) is 20.8 Å². The SMILES string of the molecule is CC(=O)N[C@H]1[C@H](OC(C)=O)O[C@H](CO)[C@@H](OC(C)=O)[C@@H]1OC(C)=O. The first-order valence-corrected chi connectivity index (χ1v) is 7.20. The lowest BCUT2D eigenvalue weighted by atomic mass is 9.96. The molecule has 0 aromatic rings. The normalized spacial score (nSPS) is 29.3. The van der Waals surface area contributed by atoms with Crippen LogP contribution >= 0.6 is 0 Å². The van der Waals surface area contributed by atoms with Gasteiger partial charge in [-0.15, -0.1) is 0 Å². The van der Waals surface area contributed by atoms with Crippen LogP contribution in [-0.4, -0.2) is 66.2 Å². The molecule has 0 bridgehead atoms. The van der Waals surface area contributed by atoms with Gasteiger partial charge >= 0.3 is 17.9 Å². The van der Waals surface area contributed by atoms with Crippen LogP contribution in [0.2, 0.25) is 0 Å². The number of hydrogen-bond donors (Lipinski definition) is 2. The molecule has 0 unspecified atom stereocenters. The molecule has 0 aliphatic carbocycles. The molecule has 136 valence electrons. The van der Waals surface area contributed by atoms with Crippen molar-refractivity contribution >= 4 is 23.8 Å². The quantitative estimate of drug-likeness (QED) is 0.456. The number of carbonyl (C=O) groups excluding carboxylic acids is 4. The minimum Gasteiger partial charge on any atom is -0.456 e. The van der Waals surface area contributed by atoms with Crippen LogP contribution in [0.25, 0.3) is 0 Å². The Kier molecular flexibility index (Phi) is 7.11. The van der Waals surface area contributed by atoms with Crippen LogP contribution in [0.5, 0.6) is 0 Å². The molecule has 1 aliphatic heterocycles. The highest BCUT2D eigenvalue weighted by molar-refractivity contribution is 5.74. The third-order valence-corrected chi connectivity index (χ3v) is 3.08. The molecule has 1 fully saturated rings.